The molecule has 1 aromatic rings. The molecule has 2 N–H and O–H groups in total. The van der Waals surface area contributed by atoms with Gasteiger partial charge in [-0.3, -0.25) is 0 Å². The van der Waals surface area contributed by atoms with Crippen molar-refractivity contribution in [1.82, 2.24) is 4.72 Å². The van der Waals surface area contributed by atoms with Gasteiger partial charge in [-0.1, -0.05) is 17.7 Å². The van der Waals surface area contributed by atoms with Gasteiger partial charge < -0.3 is 5.11 Å². The lowest BCUT2D eigenvalue weighted by molar-refractivity contribution is 0.452. The van der Waals surface area contributed by atoms with E-state index >= 15 is 0 Å². The van der Waals surface area contributed by atoms with Gasteiger partial charge in [-0.2, -0.15) is 0 Å². The molecule has 4 nitrogen and oxygen atoms in total. The maximum atomic E-state index is 11.9. The van der Waals surface area contributed by atoms with Gasteiger partial charge in [-0.25, -0.2) is 13.1 Å². The largest absolute Gasteiger partial charge is 0.505 e. The molecule has 90 valence electrons. The van der Waals surface area contributed by atoms with Crippen LogP contribution in [0, 0.1) is 0 Å². The summed E-state index contributed by atoms with van der Waals surface area (Å²) >= 11 is 5.65. The molecule has 0 saturated carbocycles. The van der Waals surface area contributed by atoms with Gasteiger partial charge in [0.05, 0.1) is 5.02 Å². The van der Waals surface area contributed by atoms with E-state index in [1.165, 1.54) is 18.2 Å². The van der Waals surface area contributed by atoms with Crippen LogP contribution in [0.1, 0.15) is 20.8 Å². The van der Waals surface area contributed by atoms with E-state index in [-0.39, 0.29) is 9.92 Å². The average Bonchev–Trinajstić information content (AvgIpc) is 2.05. The van der Waals surface area contributed by atoms with Crippen LogP contribution in [0.5, 0.6) is 5.75 Å². The molecule has 0 aromatic heterocycles. The smallest absolute Gasteiger partial charge is 0.244 e. The van der Waals surface area contributed by atoms with E-state index in [2.05, 4.69) is 4.72 Å². The summed E-state index contributed by atoms with van der Waals surface area (Å²) in [6.45, 7) is 5.14. The van der Waals surface area contributed by atoms with Gasteiger partial charge in [0.1, 0.15) is 4.90 Å². The monoisotopic (exact) mass is 263 g/mol. The van der Waals surface area contributed by atoms with Crippen molar-refractivity contribution in [3.8, 4) is 5.75 Å². The van der Waals surface area contributed by atoms with Crippen molar-refractivity contribution in [2.45, 2.75) is 31.2 Å². The summed E-state index contributed by atoms with van der Waals surface area (Å²) in [4.78, 5) is -0.213. The summed E-state index contributed by atoms with van der Waals surface area (Å²) in [6, 6.07) is 4.20. The van der Waals surface area contributed by atoms with E-state index in [0.717, 1.165) is 0 Å². The summed E-state index contributed by atoms with van der Waals surface area (Å²) in [6.07, 6.45) is 0. The second kappa shape index (κ2) is 4.24. The standard InChI is InChI=1S/C10H14ClNO3S/c1-10(2,3)12-16(14,15)8-6-4-5-7(11)9(8)13/h4-6,12-13H,1-3H3. The zero-order chi connectivity index (χ0) is 12.6. The molecular weight excluding hydrogens is 250 g/mol. The Morgan fingerprint density at radius 3 is 2.38 bits per heavy atom. The molecular formula is C10H14ClNO3S. The van der Waals surface area contributed by atoms with Crippen LogP contribution in [-0.2, 0) is 10.0 Å². The quantitative estimate of drug-likeness (QED) is 0.859. The van der Waals surface area contributed by atoms with Gasteiger partial charge in [-0.05, 0) is 32.9 Å². The Balaban J connectivity index is 3.24. The number of nitrogens with one attached hydrogen (secondary N) is 1. The first-order valence-electron chi connectivity index (χ1n) is 4.65. The molecule has 0 atom stereocenters. The minimum absolute atomic E-state index is 0.0109. The van der Waals surface area contributed by atoms with Crippen LogP contribution in [0.4, 0.5) is 0 Å². The highest BCUT2D eigenvalue weighted by Crippen LogP contribution is 2.30. The lowest BCUT2D eigenvalue weighted by Gasteiger charge is -2.20. The fourth-order valence-corrected chi connectivity index (χ4v) is 2.94. The van der Waals surface area contributed by atoms with Crippen molar-refractivity contribution in [3.63, 3.8) is 0 Å². The van der Waals surface area contributed by atoms with Gasteiger partial charge in [0.25, 0.3) is 0 Å². The number of aromatic hydroxyl groups is 1. The molecule has 0 unspecified atom stereocenters. The van der Waals surface area contributed by atoms with E-state index in [1.807, 2.05) is 0 Å². The van der Waals surface area contributed by atoms with E-state index in [1.54, 1.807) is 20.8 Å². The van der Waals surface area contributed by atoms with Crippen molar-refractivity contribution < 1.29 is 13.5 Å². The van der Waals surface area contributed by atoms with Crippen LogP contribution in [0.2, 0.25) is 5.02 Å². The molecule has 0 aliphatic rings. The van der Waals surface area contributed by atoms with Crippen LogP contribution in [0.3, 0.4) is 0 Å². The third-order valence-corrected chi connectivity index (χ3v) is 3.77. The van der Waals surface area contributed by atoms with Crippen molar-refractivity contribution in [1.29, 1.82) is 0 Å². The first kappa shape index (κ1) is 13.3. The highest BCUT2D eigenvalue weighted by Gasteiger charge is 2.25. The number of phenolic OH excluding ortho intramolecular Hbond substituents is 1. The number of hydrogen-bond acceptors (Lipinski definition) is 3. The minimum atomic E-state index is -3.76. The molecule has 0 aliphatic heterocycles. The van der Waals surface area contributed by atoms with E-state index in [4.69, 9.17) is 11.6 Å². The van der Waals surface area contributed by atoms with Crippen molar-refractivity contribution in [2.24, 2.45) is 0 Å². The van der Waals surface area contributed by atoms with Gasteiger partial charge in [0.15, 0.2) is 5.75 Å². The molecule has 0 spiro atoms. The summed E-state index contributed by atoms with van der Waals surface area (Å²) in [5, 5.41) is 9.59. The zero-order valence-corrected chi connectivity index (χ0v) is 10.9. The summed E-state index contributed by atoms with van der Waals surface area (Å²) in [5.74, 6) is -0.430. The van der Waals surface area contributed by atoms with Gasteiger partial charge in [0.2, 0.25) is 10.0 Å². The Labute approximate surface area is 100 Å². The molecule has 1 aromatic carbocycles. The zero-order valence-electron chi connectivity index (χ0n) is 9.28. The number of hydrogen-bond donors (Lipinski definition) is 2. The Kier molecular flexibility index (Phi) is 3.52. The molecule has 6 heteroatoms. The van der Waals surface area contributed by atoms with Gasteiger partial charge in [-0.15, -0.1) is 0 Å². The predicted molar refractivity (Wildman–Crippen MR) is 63.2 cm³/mol. The van der Waals surface area contributed by atoms with Gasteiger partial charge in [0, 0.05) is 5.54 Å². The predicted octanol–water partition coefficient (Wildman–Crippen LogP) is 2.12. The van der Waals surface area contributed by atoms with Crippen LogP contribution < -0.4 is 4.72 Å². The Hall–Kier alpha value is -0.780. The Morgan fingerprint density at radius 1 is 1.31 bits per heavy atom. The minimum Gasteiger partial charge on any atom is -0.505 e. The van der Waals surface area contributed by atoms with Gasteiger partial charge >= 0.3 is 0 Å². The molecule has 0 amide bonds. The number of halogens is 1. The Bertz CT molecular complexity index is 491. The number of rotatable bonds is 2. The van der Waals surface area contributed by atoms with Crippen LogP contribution >= 0.6 is 11.6 Å². The second-order valence-electron chi connectivity index (χ2n) is 4.44. The number of benzene rings is 1. The topological polar surface area (TPSA) is 66.4 Å². The maximum Gasteiger partial charge on any atom is 0.244 e. The highest BCUT2D eigenvalue weighted by atomic mass is 35.5. The number of sulfonamides is 1. The summed E-state index contributed by atoms with van der Waals surface area (Å²) in [7, 11) is -3.76. The first-order valence-corrected chi connectivity index (χ1v) is 6.51. The van der Waals surface area contributed by atoms with Crippen molar-refractivity contribution in [3.05, 3.63) is 23.2 Å². The molecule has 16 heavy (non-hydrogen) atoms. The lowest BCUT2D eigenvalue weighted by atomic mass is 10.1. The maximum absolute atomic E-state index is 11.9. The fourth-order valence-electron chi connectivity index (χ4n) is 1.17. The summed E-state index contributed by atoms with van der Waals surface area (Å²) in [5.41, 5.74) is -0.617. The molecule has 0 fully saturated rings. The van der Waals surface area contributed by atoms with Crippen LogP contribution in [0.15, 0.2) is 23.1 Å². The SMILES string of the molecule is CC(C)(C)NS(=O)(=O)c1cccc(Cl)c1O. The Morgan fingerprint density at radius 2 is 1.88 bits per heavy atom. The molecule has 0 saturated heterocycles. The van der Waals surface area contributed by atoms with Crippen molar-refractivity contribution in [2.75, 3.05) is 0 Å². The van der Waals surface area contributed by atoms with Crippen LogP contribution in [0.25, 0.3) is 0 Å². The molecule has 1 rings (SSSR count). The third kappa shape index (κ3) is 3.10. The van der Waals surface area contributed by atoms with Crippen LogP contribution in [-0.4, -0.2) is 19.1 Å². The average molecular weight is 264 g/mol. The highest BCUT2D eigenvalue weighted by molar-refractivity contribution is 7.89. The third-order valence-electron chi connectivity index (χ3n) is 1.68. The number of phenols is 1. The molecule has 0 radical (unpaired) electrons. The molecule has 0 bridgehead atoms. The van der Waals surface area contributed by atoms with E-state index < -0.39 is 21.3 Å². The first-order chi connectivity index (χ1) is 7.13. The van der Waals surface area contributed by atoms with E-state index in [9.17, 15) is 13.5 Å². The second-order valence-corrected chi connectivity index (χ2v) is 6.50. The normalized spacial score (nSPS) is 12.8. The lowest BCUT2D eigenvalue weighted by Crippen LogP contribution is -2.40. The number of para-hydroxylation sites is 1. The van der Waals surface area contributed by atoms with E-state index in [0.29, 0.717) is 0 Å². The van der Waals surface area contributed by atoms with Crippen molar-refractivity contribution >= 4 is 21.6 Å². The molecule has 0 aliphatic carbocycles. The molecule has 0 heterocycles. The fraction of sp³-hybridized carbons (Fsp3) is 0.400. The summed E-state index contributed by atoms with van der Waals surface area (Å²) < 4.78 is 26.2.